The van der Waals surface area contributed by atoms with E-state index in [0.717, 1.165) is 33.7 Å². The molecule has 1 aliphatic heterocycles. The molecule has 0 saturated carbocycles. The Labute approximate surface area is 211 Å². The van der Waals surface area contributed by atoms with E-state index >= 15 is 0 Å². The molecule has 0 N–H and O–H groups in total. The molecule has 2 amide bonds. The van der Waals surface area contributed by atoms with E-state index in [4.69, 9.17) is 9.47 Å². The van der Waals surface area contributed by atoms with Gasteiger partial charge in [0, 0.05) is 17.5 Å². The van der Waals surface area contributed by atoms with Crippen molar-refractivity contribution < 1.29 is 19.1 Å². The third kappa shape index (κ3) is 6.22. The molecule has 1 aromatic heterocycles. The molecule has 0 radical (unpaired) electrons. The molecule has 3 aromatic rings. The zero-order valence-electron chi connectivity index (χ0n) is 20.5. The standard InChI is InChI=1S/C28H32N2O4S/c1-4-21(3)30(27(31)15-22-8-6-5-7-9-22)18-28(32)29(17-26-20(2)12-13-35-26)16-23-10-11-24-25(14-23)34-19-33-24/h5-14,21H,4,15-19H2,1-3H3. The second-order valence-corrected chi connectivity index (χ2v) is 9.91. The Balaban J connectivity index is 1.54. The maximum absolute atomic E-state index is 13.7. The highest BCUT2D eigenvalue weighted by Crippen LogP contribution is 2.33. The highest BCUT2D eigenvalue weighted by Gasteiger charge is 2.26. The zero-order chi connectivity index (χ0) is 24.8. The van der Waals surface area contributed by atoms with Crippen molar-refractivity contribution in [1.82, 2.24) is 9.80 Å². The molecular formula is C28H32N2O4S. The normalized spacial score (nSPS) is 12.9. The smallest absolute Gasteiger partial charge is 0.242 e. The summed E-state index contributed by atoms with van der Waals surface area (Å²) in [5, 5.41) is 2.04. The van der Waals surface area contributed by atoms with Crippen LogP contribution in [0, 0.1) is 6.92 Å². The molecule has 0 fully saturated rings. The lowest BCUT2D eigenvalue weighted by atomic mass is 10.1. The minimum atomic E-state index is -0.0721. The quantitative estimate of drug-likeness (QED) is 0.391. The Kier molecular flexibility index (Phi) is 8.08. The van der Waals surface area contributed by atoms with Crippen molar-refractivity contribution in [3.8, 4) is 11.5 Å². The van der Waals surface area contributed by atoms with Gasteiger partial charge in [0.15, 0.2) is 11.5 Å². The van der Waals surface area contributed by atoms with Gasteiger partial charge in [-0.3, -0.25) is 9.59 Å². The van der Waals surface area contributed by atoms with Crippen LogP contribution in [0.25, 0.3) is 0 Å². The highest BCUT2D eigenvalue weighted by molar-refractivity contribution is 7.10. The first-order valence-electron chi connectivity index (χ1n) is 12.0. The lowest BCUT2D eigenvalue weighted by molar-refractivity contribution is -0.142. The van der Waals surface area contributed by atoms with Crippen LogP contribution in [-0.4, -0.2) is 41.0 Å². The number of carbonyl (C=O) groups excluding carboxylic acids is 2. The fourth-order valence-corrected chi connectivity index (χ4v) is 4.98. The van der Waals surface area contributed by atoms with E-state index in [-0.39, 0.29) is 37.6 Å². The van der Waals surface area contributed by atoms with Gasteiger partial charge in [-0.05, 0) is 60.5 Å². The van der Waals surface area contributed by atoms with Crippen LogP contribution in [0.1, 0.15) is 41.8 Å². The molecule has 7 heteroatoms. The number of hydrogen-bond donors (Lipinski definition) is 0. The predicted molar refractivity (Wildman–Crippen MR) is 137 cm³/mol. The van der Waals surface area contributed by atoms with Crippen LogP contribution < -0.4 is 9.47 Å². The van der Waals surface area contributed by atoms with Crippen molar-refractivity contribution in [2.24, 2.45) is 0 Å². The molecule has 184 valence electrons. The van der Waals surface area contributed by atoms with Gasteiger partial charge in [-0.25, -0.2) is 0 Å². The number of amides is 2. The van der Waals surface area contributed by atoms with Crippen molar-refractivity contribution in [2.75, 3.05) is 13.3 Å². The Bertz CT molecular complexity index is 1160. The Hall–Kier alpha value is -3.32. The number of rotatable bonds is 10. The molecule has 2 heterocycles. The van der Waals surface area contributed by atoms with E-state index in [0.29, 0.717) is 18.8 Å². The summed E-state index contributed by atoms with van der Waals surface area (Å²) in [6.07, 6.45) is 1.06. The van der Waals surface area contributed by atoms with Crippen molar-refractivity contribution in [2.45, 2.75) is 52.7 Å². The van der Waals surface area contributed by atoms with Gasteiger partial charge in [0.05, 0.1) is 13.0 Å². The van der Waals surface area contributed by atoms with E-state index in [9.17, 15) is 9.59 Å². The van der Waals surface area contributed by atoms with Crippen LogP contribution in [-0.2, 0) is 29.1 Å². The fraction of sp³-hybridized carbons (Fsp3) is 0.357. The molecule has 0 bridgehead atoms. The van der Waals surface area contributed by atoms with Crippen molar-refractivity contribution in [3.63, 3.8) is 0 Å². The van der Waals surface area contributed by atoms with Crippen LogP contribution >= 0.6 is 11.3 Å². The topological polar surface area (TPSA) is 59.1 Å². The van der Waals surface area contributed by atoms with Gasteiger partial charge in [0.2, 0.25) is 18.6 Å². The molecule has 35 heavy (non-hydrogen) atoms. The van der Waals surface area contributed by atoms with Crippen molar-refractivity contribution in [1.29, 1.82) is 0 Å². The number of thiophene rings is 1. The number of benzene rings is 2. The van der Waals surface area contributed by atoms with Gasteiger partial charge >= 0.3 is 0 Å². The van der Waals surface area contributed by atoms with Crippen LogP contribution in [0.15, 0.2) is 60.0 Å². The summed E-state index contributed by atoms with van der Waals surface area (Å²) in [5.41, 5.74) is 3.07. The maximum atomic E-state index is 13.7. The van der Waals surface area contributed by atoms with Gasteiger partial charge in [-0.1, -0.05) is 43.3 Å². The SMILES string of the molecule is CCC(C)N(CC(=O)N(Cc1ccc2c(c1)OCO2)Cc1sccc1C)C(=O)Cc1ccccc1. The summed E-state index contributed by atoms with van der Waals surface area (Å²) in [4.78, 5) is 31.6. The summed E-state index contributed by atoms with van der Waals surface area (Å²) in [5.74, 6) is 1.31. The monoisotopic (exact) mass is 492 g/mol. The molecule has 4 rings (SSSR count). The van der Waals surface area contributed by atoms with Gasteiger partial charge in [0.1, 0.15) is 6.54 Å². The van der Waals surface area contributed by atoms with E-state index < -0.39 is 0 Å². The minimum Gasteiger partial charge on any atom is -0.454 e. The molecule has 0 spiro atoms. The second-order valence-electron chi connectivity index (χ2n) is 8.91. The number of fused-ring (bicyclic) bond motifs is 1. The van der Waals surface area contributed by atoms with E-state index in [2.05, 4.69) is 13.0 Å². The van der Waals surface area contributed by atoms with Crippen LogP contribution in [0.4, 0.5) is 0 Å². The van der Waals surface area contributed by atoms with Crippen molar-refractivity contribution >= 4 is 23.2 Å². The molecule has 0 aliphatic carbocycles. The van der Waals surface area contributed by atoms with Gasteiger partial charge < -0.3 is 19.3 Å². The summed E-state index contributed by atoms with van der Waals surface area (Å²) in [6.45, 7) is 7.29. The lowest BCUT2D eigenvalue weighted by Crippen LogP contribution is -2.46. The first-order valence-corrected chi connectivity index (χ1v) is 12.8. The highest BCUT2D eigenvalue weighted by atomic mass is 32.1. The molecule has 1 aliphatic rings. The largest absolute Gasteiger partial charge is 0.454 e. The van der Waals surface area contributed by atoms with Crippen molar-refractivity contribution in [3.05, 3.63) is 81.5 Å². The number of carbonyl (C=O) groups is 2. The summed E-state index contributed by atoms with van der Waals surface area (Å²) in [6, 6.07) is 17.5. The van der Waals surface area contributed by atoms with E-state index in [1.54, 1.807) is 16.2 Å². The Morgan fingerprint density at radius 3 is 2.46 bits per heavy atom. The minimum absolute atomic E-state index is 0.0331. The average Bonchev–Trinajstić information content (AvgIpc) is 3.50. The molecule has 0 saturated heterocycles. The van der Waals surface area contributed by atoms with Crippen LogP contribution in [0.5, 0.6) is 11.5 Å². The molecule has 1 atom stereocenters. The number of aryl methyl sites for hydroxylation is 1. The molecule has 1 unspecified atom stereocenters. The summed E-state index contributed by atoms with van der Waals surface area (Å²) < 4.78 is 11.0. The first-order chi connectivity index (χ1) is 16.9. The van der Waals surface area contributed by atoms with Gasteiger partial charge in [-0.15, -0.1) is 11.3 Å². The number of nitrogens with zero attached hydrogens (tertiary/aromatic N) is 2. The molecular weight excluding hydrogens is 460 g/mol. The van der Waals surface area contributed by atoms with Crippen LogP contribution in [0.3, 0.4) is 0 Å². The predicted octanol–water partition coefficient (Wildman–Crippen LogP) is 5.18. The van der Waals surface area contributed by atoms with Crippen LogP contribution in [0.2, 0.25) is 0 Å². The average molecular weight is 493 g/mol. The summed E-state index contributed by atoms with van der Waals surface area (Å²) >= 11 is 1.64. The zero-order valence-corrected chi connectivity index (χ0v) is 21.3. The summed E-state index contributed by atoms with van der Waals surface area (Å²) in [7, 11) is 0. The third-order valence-electron chi connectivity index (χ3n) is 6.41. The maximum Gasteiger partial charge on any atom is 0.242 e. The number of ether oxygens (including phenoxy) is 2. The Morgan fingerprint density at radius 2 is 1.74 bits per heavy atom. The Morgan fingerprint density at radius 1 is 0.971 bits per heavy atom. The lowest BCUT2D eigenvalue weighted by Gasteiger charge is -2.31. The fourth-order valence-electron chi connectivity index (χ4n) is 4.06. The number of hydrogen-bond acceptors (Lipinski definition) is 5. The van der Waals surface area contributed by atoms with Gasteiger partial charge in [-0.2, -0.15) is 0 Å². The molecule has 6 nitrogen and oxygen atoms in total. The first kappa shape index (κ1) is 24.8. The van der Waals surface area contributed by atoms with Gasteiger partial charge in [0.25, 0.3) is 0 Å². The molecule has 2 aromatic carbocycles. The third-order valence-corrected chi connectivity index (χ3v) is 7.42. The van der Waals surface area contributed by atoms with E-state index in [1.165, 1.54) is 0 Å². The van der Waals surface area contributed by atoms with E-state index in [1.807, 2.05) is 72.7 Å². The second kappa shape index (κ2) is 11.4.